The van der Waals surface area contributed by atoms with E-state index in [0.717, 1.165) is 54.9 Å². The first-order valence-electron chi connectivity index (χ1n) is 14.3. The summed E-state index contributed by atoms with van der Waals surface area (Å²) in [5.74, 6) is 0.0771. The topological polar surface area (TPSA) is 78.1 Å². The Bertz CT molecular complexity index is 1710. The highest BCUT2D eigenvalue weighted by Gasteiger charge is 2.32. The number of Topliss-reactive ketones (excluding diaryl/α,β-unsaturated/α-hetero) is 1. The summed E-state index contributed by atoms with van der Waals surface area (Å²) >= 11 is 0. The molecule has 0 bridgehead atoms. The number of benzene rings is 1. The molecular weight excluding hydrogens is 521 g/mol. The van der Waals surface area contributed by atoms with Gasteiger partial charge in [-0.15, -0.1) is 0 Å². The van der Waals surface area contributed by atoms with Crippen LogP contribution in [-0.4, -0.2) is 87.3 Å². The molecule has 0 aliphatic carbocycles. The fourth-order valence-electron chi connectivity index (χ4n) is 6.72. The van der Waals surface area contributed by atoms with Gasteiger partial charge in [0.1, 0.15) is 11.5 Å². The number of nitrogens with zero attached hydrogens (tertiary/aromatic N) is 6. The highest BCUT2D eigenvalue weighted by molar-refractivity contribution is 6.33. The molecule has 0 saturated carbocycles. The van der Waals surface area contributed by atoms with E-state index in [9.17, 15) is 9.59 Å². The number of hydrogen-bond donors (Lipinski definition) is 1. The van der Waals surface area contributed by atoms with Crippen molar-refractivity contribution in [3.63, 3.8) is 0 Å². The summed E-state index contributed by atoms with van der Waals surface area (Å²) in [5.41, 5.74) is 5.14. The van der Waals surface area contributed by atoms with Crippen LogP contribution in [0.4, 0.5) is 9.18 Å². The zero-order valence-electron chi connectivity index (χ0n) is 23.4. The van der Waals surface area contributed by atoms with Gasteiger partial charge in [-0.2, -0.15) is 0 Å². The van der Waals surface area contributed by atoms with E-state index < -0.39 is 0 Å². The van der Waals surface area contributed by atoms with E-state index in [1.165, 1.54) is 12.1 Å². The Kier molecular flexibility index (Phi) is 6.30. The zero-order chi connectivity index (χ0) is 28.2. The average Bonchev–Trinajstić information content (AvgIpc) is 3.62. The number of nitrogens with one attached hydrogen (secondary N) is 1. The second-order valence-electron chi connectivity index (χ2n) is 11.6. The van der Waals surface area contributed by atoms with Gasteiger partial charge in [-0.1, -0.05) is 6.07 Å². The number of amides is 2. The van der Waals surface area contributed by atoms with Gasteiger partial charge in [0, 0.05) is 56.6 Å². The first-order valence-corrected chi connectivity index (χ1v) is 14.3. The van der Waals surface area contributed by atoms with Crippen LogP contribution in [0.5, 0.6) is 0 Å². The number of likely N-dealkylation sites (tertiary alicyclic amines) is 1. The molecule has 2 amide bonds. The predicted molar refractivity (Wildman–Crippen MR) is 156 cm³/mol. The normalized spacial score (nSPS) is 18.4. The molecule has 0 spiro atoms. The number of halogens is 1. The number of urea groups is 1. The van der Waals surface area contributed by atoms with Crippen LogP contribution in [-0.2, 0) is 17.9 Å². The zero-order valence-corrected chi connectivity index (χ0v) is 23.4. The van der Waals surface area contributed by atoms with E-state index in [-0.39, 0.29) is 24.2 Å². The van der Waals surface area contributed by atoms with Gasteiger partial charge in [0.2, 0.25) is 0 Å². The van der Waals surface area contributed by atoms with Gasteiger partial charge in [-0.05, 0) is 68.7 Å². The third-order valence-electron chi connectivity index (χ3n) is 8.85. The van der Waals surface area contributed by atoms with Crippen LogP contribution in [0.1, 0.15) is 29.7 Å². The second-order valence-corrected chi connectivity index (χ2v) is 11.6. The van der Waals surface area contributed by atoms with Gasteiger partial charge in [0.15, 0.2) is 5.78 Å². The van der Waals surface area contributed by atoms with Crippen molar-refractivity contribution in [2.24, 2.45) is 5.92 Å². The lowest BCUT2D eigenvalue weighted by atomic mass is 9.97. The maximum atomic E-state index is 15.2. The second kappa shape index (κ2) is 10.0. The Balaban J connectivity index is 1.23. The van der Waals surface area contributed by atoms with Crippen LogP contribution in [0.25, 0.3) is 27.8 Å². The van der Waals surface area contributed by atoms with Crippen LogP contribution < -0.4 is 5.32 Å². The van der Waals surface area contributed by atoms with Crippen molar-refractivity contribution >= 4 is 39.6 Å². The Morgan fingerprint density at radius 2 is 2.00 bits per heavy atom. The smallest absolute Gasteiger partial charge is 0.320 e. The molecule has 0 radical (unpaired) electrons. The third kappa shape index (κ3) is 4.46. The number of fused-ring (bicyclic) bond motifs is 1. The Hall–Kier alpha value is -4.18. The molecule has 3 aliphatic heterocycles. The Labute approximate surface area is 237 Å². The minimum Gasteiger partial charge on any atom is -0.375 e. The molecule has 3 aliphatic rings. The number of piperidine rings is 1. The molecule has 41 heavy (non-hydrogen) atoms. The van der Waals surface area contributed by atoms with Gasteiger partial charge in [-0.25, -0.2) is 14.2 Å². The molecule has 1 aromatic carbocycles. The Morgan fingerprint density at radius 1 is 1.17 bits per heavy atom. The van der Waals surface area contributed by atoms with Crippen molar-refractivity contribution in [3.8, 4) is 0 Å². The molecule has 9 nitrogen and oxygen atoms in total. The maximum absolute atomic E-state index is 15.2. The van der Waals surface area contributed by atoms with Gasteiger partial charge in [-0.3, -0.25) is 9.20 Å². The molecule has 3 aromatic heterocycles. The highest BCUT2D eigenvalue weighted by Crippen LogP contribution is 2.38. The van der Waals surface area contributed by atoms with Crippen molar-refractivity contribution in [2.45, 2.75) is 25.9 Å². The van der Waals surface area contributed by atoms with Crippen molar-refractivity contribution < 1.29 is 14.0 Å². The van der Waals surface area contributed by atoms with Gasteiger partial charge in [0.25, 0.3) is 0 Å². The molecule has 6 heterocycles. The largest absolute Gasteiger partial charge is 0.375 e. The van der Waals surface area contributed by atoms with E-state index in [2.05, 4.69) is 26.8 Å². The number of ketones is 1. The van der Waals surface area contributed by atoms with Gasteiger partial charge >= 0.3 is 6.03 Å². The van der Waals surface area contributed by atoms with Crippen molar-refractivity contribution in [3.05, 3.63) is 71.6 Å². The van der Waals surface area contributed by atoms with Crippen molar-refractivity contribution in [1.29, 1.82) is 0 Å². The molecule has 0 unspecified atom stereocenters. The molecule has 7 rings (SSSR count). The maximum Gasteiger partial charge on any atom is 0.320 e. The van der Waals surface area contributed by atoms with E-state index in [1.807, 2.05) is 51.8 Å². The number of carbonyl (C=O) groups excluding carboxylic acids is 2. The molecule has 10 heteroatoms. The summed E-state index contributed by atoms with van der Waals surface area (Å²) in [7, 11) is 4.01. The number of rotatable bonds is 4. The Morgan fingerprint density at radius 3 is 2.83 bits per heavy atom. The number of hydrogen-bond acceptors (Lipinski definition) is 5. The summed E-state index contributed by atoms with van der Waals surface area (Å²) in [6.07, 6.45) is 7.81. The van der Waals surface area contributed by atoms with Crippen LogP contribution in [0.3, 0.4) is 0 Å². The summed E-state index contributed by atoms with van der Waals surface area (Å²) < 4.78 is 19.2. The summed E-state index contributed by atoms with van der Waals surface area (Å²) in [6, 6.07) is 8.77. The lowest BCUT2D eigenvalue weighted by Crippen LogP contribution is -2.44. The van der Waals surface area contributed by atoms with Crippen molar-refractivity contribution in [2.75, 3.05) is 46.8 Å². The van der Waals surface area contributed by atoms with Gasteiger partial charge < -0.3 is 24.6 Å². The monoisotopic (exact) mass is 555 g/mol. The van der Waals surface area contributed by atoms with Gasteiger partial charge in [0.05, 0.1) is 35.2 Å². The first-order chi connectivity index (χ1) is 19.9. The number of aromatic nitrogens is 3. The molecule has 1 fully saturated rings. The predicted octanol–water partition coefficient (Wildman–Crippen LogP) is 3.68. The van der Waals surface area contributed by atoms with Crippen LogP contribution in [0, 0.1) is 11.7 Å². The van der Waals surface area contributed by atoms with Crippen LogP contribution in [0.15, 0.2) is 48.9 Å². The number of carbonyl (C=O) groups is 2. The van der Waals surface area contributed by atoms with E-state index in [0.29, 0.717) is 47.8 Å². The minimum absolute atomic E-state index is 0.0277. The quantitative estimate of drug-likeness (QED) is 0.416. The lowest BCUT2D eigenvalue weighted by molar-refractivity contribution is -0.112. The molecule has 4 aromatic rings. The third-order valence-corrected chi connectivity index (χ3v) is 8.85. The van der Waals surface area contributed by atoms with E-state index >= 15 is 4.39 Å². The fraction of sp³-hybridized carbons (Fsp3) is 0.387. The number of imidazole rings is 1. The standard InChI is InChI=1S/C31H34FN7O2/c1-35-9-6-20(7-10-35)17-36(2)31(41)38-12-11-37-19-24(23-14-22(32)13-21(18-38)30(23)37)28-26(40)16-34-29(28)25-15-33-27-5-3-4-8-39(25)27/h3-5,8,13-15,19-20,34H,6-7,9-12,16-18H2,1-2H3. The molecular formula is C31H34FN7O2. The van der Waals surface area contributed by atoms with Crippen LogP contribution >= 0.6 is 0 Å². The fourth-order valence-corrected chi connectivity index (χ4v) is 6.72. The lowest BCUT2D eigenvalue weighted by Gasteiger charge is -2.33. The SMILES string of the molecule is CN1CCC(CN(C)C(=O)N2CCn3cc(C4=C(c5cnc6ccccn56)NCC4=O)c4cc(F)cc(c43)C2)CC1. The summed E-state index contributed by atoms with van der Waals surface area (Å²) in [6.45, 7) is 4.40. The van der Waals surface area contributed by atoms with E-state index in [4.69, 9.17) is 0 Å². The number of pyridine rings is 1. The molecule has 1 saturated heterocycles. The summed E-state index contributed by atoms with van der Waals surface area (Å²) in [4.78, 5) is 37.3. The van der Waals surface area contributed by atoms with E-state index in [1.54, 1.807) is 6.20 Å². The average molecular weight is 556 g/mol. The summed E-state index contributed by atoms with van der Waals surface area (Å²) in [5, 5.41) is 3.96. The van der Waals surface area contributed by atoms with Crippen molar-refractivity contribution in [1.82, 2.24) is 34.0 Å². The highest BCUT2D eigenvalue weighted by atomic mass is 19.1. The first kappa shape index (κ1) is 25.8. The minimum atomic E-state index is -0.379. The molecule has 212 valence electrons. The van der Waals surface area contributed by atoms with Crippen LogP contribution in [0.2, 0.25) is 0 Å². The molecule has 0 atom stereocenters. The molecule has 1 N–H and O–H groups in total.